The number of aliphatic hydroxyl groups is 1. The quantitative estimate of drug-likeness (QED) is 0.0402. The number of aliphatic hydroxyl groups excluding tert-OH is 1. The van der Waals surface area contributed by atoms with Gasteiger partial charge < -0.3 is 25.0 Å². The van der Waals surface area contributed by atoms with E-state index < -0.39 is 78.3 Å². The van der Waals surface area contributed by atoms with E-state index in [1.54, 1.807) is 4.40 Å². The van der Waals surface area contributed by atoms with Gasteiger partial charge in [-0.1, -0.05) is 261 Å². The molecular weight excluding hydrogens is 2350 g/mol. The van der Waals surface area contributed by atoms with E-state index in [4.69, 9.17) is 34.3 Å². The van der Waals surface area contributed by atoms with Crippen LogP contribution < -0.4 is 13.4 Å². The summed E-state index contributed by atoms with van der Waals surface area (Å²) in [5.74, 6) is 7.16. The van der Waals surface area contributed by atoms with Crippen molar-refractivity contribution < 1.29 is 99.3 Å². The second-order valence-electron chi connectivity index (χ2n) is 37.9. The number of carbonyl (C=O) groups excluding carboxylic acids is 1. The minimum atomic E-state index is -3.03. The van der Waals surface area contributed by atoms with Crippen molar-refractivity contribution in [1.29, 1.82) is 0 Å². The molecule has 143 heavy (non-hydrogen) atoms. The molecule has 14 heteroatoms. The van der Waals surface area contributed by atoms with Gasteiger partial charge in [-0.3, -0.25) is 9.78 Å². The molecule has 22 aromatic rings. The monoisotopic (exact) mass is 2470 g/mol. The van der Waals surface area contributed by atoms with E-state index in [9.17, 15) is 4.79 Å². The number of carbonyl (C=O) groups is 1. The number of nitrogens with zero attached hydrogens (tertiary/aromatic N) is 8. The van der Waals surface area contributed by atoms with Crippen molar-refractivity contribution in [3.63, 3.8) is 0 Å². The van der Waals surface area contributed by atoms with Crippen molar-refractivity contribution in [2.24, 2.45) is 0 Å². The van der Waals surface area contributed by atoms with Gasteiger partial charge in [0.1, 0.15) is 19.6 Å². The van der Waals surface area contributed by atoms with Crippen LogP contribution in [0.1, 0.15) is 154 Å². The van der Waals surface area contributed by atoms with Gasteiger partial charge in [-0.05, 0) is 148 Å². The number of hydrogen-bond donors (Lipinski definition) is 1. The molecule has 2 radical (unpaired) electrons. The minimum absolute atomic E-state index is 0. The zero-order chi connectivity index (χ0) is 108. The summed E-state index contributed by atoms with van der Waals surface area (Å²) in [5, 5.41) is 15.9. The fourth-order valence-electron chi connectivity index (χ4n) is 21.5. The van der Waals surface area contributed by atoms with Crippen LogP contribution in [0.4, 0.5) is 0 Å². The van der Waals surface area contributed by atoms with Gasteiger partial charge in [0.05, 0.1) is 36.1 Å². The van der Waals surface area contributed by atoms with Gasteiger partial charge in [0, 0.05) is 119 Å². The molecule has 0 saturated carbocycles. The van der Waals surface area contributed by atoms with Crippen LogP contribution >= 0.6 is 0 Å². The Morgan fingerprint density at radius 3 is 1.85 bits per heavy atom. The van der Waals surface area contributed by atoms with Gasteiger partial charge in [0.15, 0.2) is 11.5 Å². The van der Waals surface area contributed by atoms with Crippen molar-refractivity contribution >= 4 is 94.1 Å². The molecule has 0 spiro atoms. The van der Waals surface area contributed by atoms with Crippen LogP contribution in [0.5, 0.6) is 0 Å². The molecule has 9 heterocycles. The van der Waals surface area contributed by atoms with E-state index >= 15 is 0 Å². The molecule has 2 unspecified atom stereocenters. The summed E-state index contributed by atoms with van der Waals surface area (Å²) in [7, 11) is 0. The maximum absolute atomic E-state index is 10.0. The normalized spacial score (nSPS) is 16.0. The molecule has 27 rings (SSSR count). The van der Waals surface area contributed by atoms with Gasteiger partial charge in [0.2, 0.25) is 0 Å². The van der Waals surface area contributed by atoms with Crippen LogP contribution in [0, 0.1) is 45.0 Å². The Morgan fingerprint density at radius 1 is 0.531 bits per heavy atom. The van der Waals surface area contributed by atoms with Crippen LogP contribution in [0.2, 0.25) is 17.3 Å². The number of fused-ring (bicyclic) bond motifs is 18. The van der Waals surface area contributed by atoms with E-state index in [1.165, 1.54) is 135 Å². The Kier molecular flexibility index (Phi) is 22.8. The maximum Gasteiger partial charge on any atom is 2.00 e. The fraction of sp³-hybridized carbons (Fsp3) is 0.132. The number of allylic oxidation sites excluding steroid dienone is 2. The Morgan fingerprint density at radius 2 is 1.16 bits per heavy atom. The SMILES string of the molecule is CC(=O)C=C(C)O.CC1(C)c2ccc[c-]c2-c2nccc3cccc1c23.CC1(c2ccccc2)c2ccc(-c3ccccn3)[c-]c2C2c3[c-]c(-c4ccccn4)ccc3C(c3ccccc3)(c3ccccc3)c3cccc1c32.Cc1cnc2c3[c-]cccc3c3ccccc3c2n1.[2H]c1c([2H])c([2H])c(C([2H])([2H])[2H])c(-c2c([2H])n3c4c5c(c([2H])c([2H])c([2H])c5c5c([2H])c(C)c([2H])c([2H])c5[n+]24)C3)c1[2H].[CH3][Ge]([CH3])([CH3])[c]1ccc2[n+](c1)Cc1ccccc1-2.[Ir].[Ir].[Pt+2]. The van der Waals surface area contributed by atoms with E-state index in [2.05, 4.69) is 337 Å². The van der Waals surface area contributed by atoms with Crippen LogP contribution in [0.3, 0.4) is 0 Å². The Hall–Kier alpha value is -14.0. The third-order valence-corrected chi connectivity index (χ3v) is 32.1. The van der Waals surface area contributed by atoms with Crippen molar-refractivity contribution in [2.45, 2.75) is 108 Å². The van der Waals surface area contributed by atoms with E-state index in [-0.39, 0.29) is 160 Å². The summed E-state index contributed by atoms with van der Waals surface area (Å²) in [5.41, 5.74) is 26.1. The van der Waals surface area contributed by atoms with Gasteiger partial charge in [0.25, 0.3) is 5.65 Å². The molecule has 1 N–H and O–H groups in total. The molecule has 3 aliphatic carbocycles. The molecule has 0 fully saturated rings. The maximum atomic E-state index is 10.0. The molecule has 0 amide bonds. The number of aromatic nitrogens is 8. The fourth-order valence-corrected chi connectivity index (χ4v) is 23.9. The Labute approximate surface area is 899 Å². The summed E-state index contributed by atoms with van der Waals surface area (Å²) >= 11 is -1.70. The van der Waals surface area contributed by atoms with E-state index in [0.717, 1.165) is 73.4 Å². The molecule has 0 saturated heterocycles. The molecule has 2 aliphatic heterocycles. The molecule has 5 aliphatic rings. The number of aryl methyl sites for hydroxylation is 1. The molecular formula is C129H104GeIr2N8O2Pt. The number of pyridine rings is 5. The Bertz CT molecular complexity index is 9480. The van der Waals surface area contributed by atoms with Crippen LogP contribution in [-0.2, 0) is 95.4 Å². The third-order valence-electron chi connectivity index (χ3n) is 27.8. The summed E-state index contributed by atoms with van der Waals surface area (Å²) in [6.07, 6.45) is 10.6. The number of hydrogen-bond acceptors (Lipinski definition) is 7. The minimum Gasteiger partial charge on any atom is 0 e. The average molecular weight is 2460 g/mol. The zero-order valence-corrected chi connectivity index (χ0v) is 89.2. The first-order valence-corrected chi connectivity index (χ1v) is 54.4. The summed E-state index contributed by atoms with van der Waals surface area (Å²) in [6, 6.07) is 114. The summed E-state index contributed by atoms with van der Waals surface area (Å²) in [4.78, 5) is 33.4. The molecule has 10 nitrogen and oxygen atoms in total. The van der Waals surface area contributed by atoms with Gasteiger partial charge >= 0.3 is 127 Å². The van der Waals surface area contributed by atoms with Crippen molar-refractivity contribution in [3.05, 3.63) is 520 Å². The molecule has 2 atom stereocenters. The second-order valence-corrected chi connectivity index (χ2v) is 48.5. The molecule has 15 aromatic carbocycles. The molecule has 704 valence electrons. The van der Waals surface area contributed by atoms with Crippen molar-refractivity contribution in [2.75, 3.05) is 0 Å². The van der Waals surface area contributed by atoms with Gasteiger partial charge in [-0.2, -0.15) is 4.40 Å². The van der Waals surface area contributed by atoms with E-state index in [1.807, 2.05) is 74.2 Å². The summed E-state index contributed by atoms with van der Waals surface area (Å²) < 4.78 is 125. The van der Waals surface area contributed by atoms with Gasteiger partial charge in [-0.15, -0.1) is 135 Å². The van der Waals surface area contributed by atoms with E-state index in [0.29, 0.717) is 5.56 Å². The third kappa shape index (κ3) is 17.4. The Balaban J connectivity index is 0.000000128. The molecule has 0 bridgehead atoms. The smallest absolute Gasteiger partial charge is 0 e. The predicted molar refractivity (Wildman–Crippen MR) is 572 cm³/mol. The van der Waals surface area contributed by atoms with Gasteiger partial charge in [-0.25, -0.2) is 4.57 Å². The first-order valence-electron chi connectivity index (χ1n) is 54.1. The topological polar surface area (TPSA) is 115 Å². The number of benzene rings is 15. The summed E-state index contributed by atoms with van der Waals surface area (Å²) in [6.45, 7) is 11.1. The zero-order valence-electron chi connectivity index (χ0n) is 94.1. The van der Waals surface area contributed by atoms with Crippen molar-refractivity contribution in [1.82, 2.24) is 29.5 Å². The van der Waals surface area contributed by atoms with Crippen molar-refractivity contribution in [3.8, 4) is 56.3 Å². The number of imidazole rings is 1. The first kappa shape index (κ1) is 81.5. The number of ketones is 1. The van der Waals surface area contributed by atoms with Crippen LogP contribution in [0.25, 0.3) is 127 Å². The molecule has 7 aromatic heterocycles. The standard InChI is InChI=1S/C50H34N2.C24H19N2.C18H14N.C17H11N2.C15H18GeN.C5H8O2.2Ir.Pt/c1-49(36-16-5-2-6-17-36)41-28-26-34(45-24-11-13-30-51-45)32-39(41)47-40-33-35(46-25-12-14-31-52-46)27-29-42(40)50(37-18-7-3-8-19-37,38-20-9-4-10-21-38)44-23-15-22-43(49)48(44)47;1-15-10-11-21-20(12-15)19-9-5-7-17-13-25-14-22(26(21)24(25)23(17)19)18-8-4-3-6-16(18)2;1-18(2)14-8-4-3-7-13(14)17-16-12(10-11-19-17)6-5-9-15(16)18;1-11-10-18-16-14-8-4-2-6-12(14)13-7-3-5-9-15(13)17(16)19-11;1-16(2,3)13-8-9-15-14-7-5-4-6-12(14)10-17(15)11-13;1-4(6)3-5(2)7;;;/h2-31,47H,1H3;3-12,14H,13H2,1-2H3;3-6,8-11H,1-2H3;2-7,9-10H,1H3;4-9,11H,10H2,1-3H3;3,6H,1-2H3;;;/q-2;+1;2*-1;+1;;;;+2/i;2D3,3D,4D,5D,6D,7D,8D,9D,10D,11D,12D,14D;;;;;;;. The largest absolute Gasteiger partial charge is 2.00 e. The first-order chi connectivity index (χ1) is 73.9. The second kappa shape index (κ2) is 40.0. The predicted octanol–water partition coefficient (Wildman–Crippen LogP) is 28.1. The average Bonchev–Trinajstić information content (AvgIpc) is 1.66. The van der Waals surface area contributed by atoms with Crippen LogP contribution in [-0.4, -0.2) is 53.6 Å². The van der Waals surface area contributed by atoms with Crippen LogP contribution in [0.15, 0.2) is 401 Å². The number of rotatable bonds is 8.